The molecule has 0 saturated heterocycles. The Balaban J connectivity index is 1.80. The van der Waals surface area contributed by atoms with Gasteiger partial charge in [-0.05, 0) is 17.7 Å². The number of thioether (sulfide) groups is 1. The Morgan fingerprint density at radius 1 is 1.00 bits per heavy atom. The van der Waals surface area contributed by atoms with Crippen LogP contribution in [0.2, 0.25) is 0 Å². The molecule has 0 aliphatic heterocycles. The second-order valence-corrected chi connectivity index (χ2v) is 5.61. The van der Waals surface area contributed by atoms with E-state index in [9.17, 15) is 0 Å². The van der Waals surface area contributed by atoms with Gasteiger partial charge in [-0.25, -0.2) is 0 Å². The van der Waals surface area contributed by atoms with E-state index >= 15 is 0 Å². The van der Waals surface area contributed by atoms with Crippen molar-refractivity contribution in [3.05, 3.63) is 66.2 Å². The molecule has 102 valence electrons. The van der Waals surface area contributed by atoms with Crippen LogP contribution >= 0.6 is 11.8 Å². The van der Waals surface area contributed by atoms with Gasteiger partial charge in [0.15, 0.2) is 0 Å². The molecule has 1 atom stereocenters. The summed E-state index contributed by atoms with van der Waals surface area (Å²) in [5.41, 5.74) is 1.18. The van der Waals surface area contributed by atoms with Gasteiger partial charge in [0, 0.05) is 23.2 Å². The lowest BCUT2D eigenvalue weighted by Crippen LogP contribution is -2.23. The third kappa shape index (κ3) is 4.73. The van der Waals surface area contributed by atoms with Crippen LogP contribution in [0.25, 0.3) is 0 Å². The van der Waals surface area contributed by atoms with E-state index in [1.807, 2.05) is 36.0 Å². The smallest absolute Gasteiger partial charge is 0.0641 e. The van der Waals surface area contributed by atoms with Crippen LogP contribution in [0.15, 0.2) is 65.6 Å². The highest BCUT2D eigenvalue weighted by Crippen LogP contribution is 2.18. The Morgan fingerprint density at radius 2 is 1.65 bits per heavy atom. The molecule has 0 saturated carbocycles. The summed E-state index contributed by atoms with van der Waals surface area (Å²) in [5, 5.41) is 12.4. The maximum atomic E-state index is 8.94. The van der Waals surface area contributed by atoms with Crippen molar-refractivity contribution in [3.63, 3.8) is 0 Å². The summed E-state index contributed by atoms with van der Waals surface area (Å²) in [5.74, 6) is 0.999. The molecule has 2 nitrogen and oxygen atoms in total. The number of nitriles is 1. The van der Waals surface area contributed by atoms with Gasteiger partial charge in [-0.15, -0.1) is 11.8 Å². The quantitative estimate of drug-likeness (QED) is 0.615. The first-order valence-electron chi connectivity index (χ1n) is 6.73. The molecule has 0 aliphatic carbocycles. The lowest BCUT2D eigenvalue weighted by Gasteiger charge is -2.16. The highest BCUT2D eigenvalue weighted by atomic mass is 32.2. The zero-order valence-corrected chi connectivity index (χ0v) is 12.1. The lowest BCUT2D eigenvalue weighted by molar-refractivity contribution is 0.566. The highest BCUT2D eigenvalue weighted by molar-refractivity contribution is 7.99. The summed E-state index contributed by atoms with van der Waals surface area (Å²) >= 11 is 1.83. The van der Waals surface area contributed by atoms with Gasteiger partial charge in [0.1, 0.15) is 0 Å². The molecule has 3 heteroatoms. The Bertz CT molecular complexity index is 534. The van der Waals surface area contributed by atoms with Crippen LogP contribution in [0, 0.1) is 11.3 Å². The first kappa shape index (κ1) is 14.6. The van der Waals surface area contributed by atoms with Crippen molar-refractivity contribution >= 4 is 11.8 Å². The van der Waals surface area contributed by atoms with Gasteiger partial charge >= 0.3 is 0 Å². The molecule has 20 heavy (non-hydrogen) atoms. The summed E-state index contributed by atoms with van der Waals surface area (Å²) in [6, 6.07) is 22.9. The molecule has 1 unspecified atom stereocenters. The molecule has 0 aromatic heterocycles. The predicted molar refractivity (Wildman–Crippen MR) is 84.6 cm³/mol. The van der Waals surface area contributed by atoms with E-state index in [1.54, 1.807) is 0 Å². The minimum Gasteiger partial charge on any atom is -0.308 e. The van der Waals surface area contributed by atoms with Crippen molar-refractivity contribution in [1.82, 2.24) is 5.32 Å². The van der Waals surface area contributed by atoms with E-state index in [-0.39, 0.29) is 6.04 Å². The SMILES string of the molecule is N#CCC(NCCSc1ccccc1)c1ccccc1. The fourth-order valence-electron chi connectivity index (χ4n) is 2.00. The summed E-state index contributed by atoms with van der Waals surface area (Å²) in [7, 11) is 0. The third-order valence-electron chi connectivity index (χ3n) is 3.00. The first-order chi connectivity index (χ1) is 9.90. The highest BCUT2D eigenvalue weighted by Gasteiger charge is 2.09. The van der Waals surface area contributed by atoms with E-state index in [0.717, 1.165) is 12.3 Å². The molecule has 1 N–H and O–H groups in total. The van der Waals surface area contributed by atoms with Crippen LogP contribution in [0.5, 0.6) is 0 Å². The van der Waals surface area contributed by atoms with Crippen LogP contribution in [-0.2, 0) is 0 Å². The van der Waals surface area contributed by atoms with Gasteiger partial charge in [0.2, 0.25) is 0 Å². The average Bonchev–Trinajstić information content (AvgIpc) is 2.52. The summed E-state index contributed by atoms with van der Waals surface area (Å²) in [6.45, 7) is 0.890. The first-order valence-corrected chi connectivity index (χ1v) is 7.72. The molecule has 0 amide bonds. The van der Waals surface area contributed by atoms with Crippen LogP contribution < -0.4 is 5.32 Å². The van der Waals surface area contributed by atoms with Gasteiger partial charge in [-0.3, -0.25) is 0 Å². The van der Waals surface area contributed by atoms with E-state index < -0.39 is 0 Å². The van der Waals surface area contributed by atoms with Gasteiger partial charge in [0.25, 0.3) is 0 Å². The average molecular weight is 282 g/mol. The topological polar surface area (TPSA) is 35.8 Å². The zero-order chi connectivity index (χ0) is 14.0. The maximum Gasteiger partial charge on any atom is 0.0641 e. The Labute approximate surface area is 124 Å². The molecule has 0 fully saturated rings. The maximum absolute atomic E-state index is 8.94. The number of benzene rings is 2. The Kier molecular flexibility index (Phi) is 6.16. The molecular weight excluding hydrogens is 264 g/mol. The molecule has 0 spiro atoms. The predicted octanol–water partition coefficient (Wildman–Crippen LogP) is 4.02. The molecule has 0 radical (unpaired) electrons. The molecular formula is C17H18N2S. The van der Waals surface area contributed by atoms with E-state index in [4.69, 9.17) is 5.26 Å². The number of nitrogens with one attached hydrogen (secondary N) is 1. The minimum atomic E-state index is 0.123. The number of hydrogen-bond donors (Lipinski definition) is 1. The van der Waals surface area contributed by atoms with Crippen LogP contribution in [-0.4, -0.2) is 12.3 Å². The number of nitrogens with zero attached hydrogens (tertiary/aromatic N) is 1. The summed E-state index contributed by atoms with van der Waals surface area (Å²) in [6.07, 6.45) is 0.500. The van der Waals surface area contributed by atoms with Crippen molar-refractivity contribution in [2.75, 3.05) is 12.3 Å². The molecule has 2 aromatic rings. The largest absolute Gasteiger partial charge is 0.308 e. The summed E-state index contributed by atoms with van der Waals surface area (Å²) < 4.78 is 0. The molecule has 0 bridgehead atoms. The fourth-order valence-corrected chi connectivity index (χ4v) is 2.81. The Morgan fingerprint density at radius 3 is 2.30 bits per heavy atom. The van der Waals surface area contributed by atoms with Crippen molar-refractivity contribution in [3.8, 4) is 6.07 Å². The standard InChI is InChI=1S/C17H18N2S/c18-12-11-17(15-7-3-1-4-8-15)19-13-14-20-16-9-5-2-6-10-16/h1-10,17,19H,11,13-14H2. The molecule has 2 aromatic carbocycles. The van der Waals surface area contributed by atoms with Gasteiger partial charge in [0.05, 0.1) is 12.5 Å². The molecule has 0 heterocycles. The fraction of sp³-hybridized carbons (Fsp3) is 0.235. The van der Waals surface area contributed by atoms with Crippen molar-refractivity contribution in [2.24, 2.45) is 0 Å². The van der Waals surface area contributed by atoms with Crippen molar-refractivity contribution in [1.29, 1.82) is 5.26 Å². The van der Waals surface area contributed by atoms with Crippen LogP contribution in [0.3, 0.4) is 0 Å². The second-order valence-electron chi connectivity index (χ2n) is 4.44. The Hall–Kier alpha value is -1.76. The van der Waals surface area contributed by atoms with Crippen molar-refractivity contribution < 1.29 is 0 Å². The van der Waals surface area contributed by atoms with Gasteiger partial charge < -0.3 is 5.32 Å². The zero-order valence-electron chi connectivity index (χ0n) is 11.3. The van der Waals surface area contributed by atoms with E-state index in [1.165, 1.54) is 10.5 Å². The monoisotopic (exact) mass is 282 g/mol. The van der Waals surface area contributed by atoms with E-state index in [2.05, 4.69) is 47.8 Å². The van der Waals surface area contributed by atoms with Crippen LogP contribution in [0.4, 0.5) is 0 Å². The van der Waals surface area contributed by atoms with Gasteiger partial charge in [-0.1, -0.05) is 48.5 Å². The van der Waals surface area contributed by atoms with E-state index in [0.29, 0.717) is 6.42 Å². The van der Waals surface area contributed by atoms with Crippen LogP contribution in [0.1, 0.15) is 18.0 Å². The normalized spacial score (nSPS) is 11.8. The minimum absolute atomic E-state index is 0.123. The second kappa shape index (κ2) is 8.42. The molecule has 2 rings (SSSR count). The third-order valence-corrected chi connectivity index (χ3v) is 4.02. The summed E-state index contributed by atoms with van der Waals surface area (Å²) in [4.78, 5) is 1.28. The molecule has 0 aliphatic rings. The lowest BCUT2D eigenvalue weighted by atomic mass is 10.0. The number of rotatable bonds is 7. The van der Waals surface area contributed by atoms with Crippen molar-refractivity contribution in [2.45, 2.75) is 17.4 Å². The van der Waals surface area contributed by atoms with Gasteiger partial charge in [-0.2, -0.15) is 5.26 Å². The number of hydrogen-bond acceptors (Lipinski definition) is 3.